The minimum absolute atomic E-state index is 0.216. The number of para-hydroxylation sites is 2. The number of nitrogens with zero attached hydrogens (tertiary/aromatic N) is 5. The van der Waals surface area contributed by atoms with Gasteiger partial charge in [-0.15, -0.1) is 16.4 Å². The van der Waals surface area contributed by atoms with Gasteiger partial charge in [-0.3, -0.25) is 4.79 Å². The second-order valence-electron chi connectivity index (χ2n) is 8.29. The van der Waals surface area contributed by atoms with Gasteiger partial charge >= 0.3 is 0 Å². The van der Waals surface area contributed by atoms with E-state index in [1.54, 1.807) is 11.3 Å². The Bertz CT molecular complexity index is 1980. The van der Waals surface area contributed by atoms with Gasteiger partial charge in [-0.1, -0.05) is 53.8 Å². The fourth-order valence-electron chi connectivity index (χ4n) is 4.27. The summed E-state index contributed by atoms with van der Waals surface area (Å²) in [7, 11) is 0. The molecule has 0 unspecified atom stereocenters. The second kappa shape index (κ2) is 8.11. The number of aryl methyl sites for hydroxylation is 1. The molecule has 5 aromatic heterocycles. The highest BCUT2D eigenvalue weighted by molar-refractivity contribution is 7.15. The highest BCUT2D eigenvalue weighted by atomic mass is 32.1. The van der Waals surface area contributed by atoms with Gasteiger partial charge in [0.25, 0.3) is 5.56 Å². The number of benzene rings is 2. The molecule has 36 heavy (non-hydrogen) atoms. The molecule has 0 saturated carbocycles. The first-order valence-electron chi connectivity index (χ1n) is 11.2. The Morgan fingerprint density at radius 2 is 1.81 bits per heavy atom. The molecular formula is C27H17N5O2S2. The summed E-state index contributed by atoms with van der Waals surface area (Å²) in [6, 6.07) is 21.8. The van der Waals surface area contributed by atoms with Gasteiger partial charge in [0.1, 0.15) is 11.3 Å². The molecule has 7 nitrogen and oxygen atoms in total. The molecule has 0 saturated heterocycles. The van der Waals surface area contributed by atoms with Crippen LogP contribution in [0.4, 0.5) is 0 Å². The van der Waals surface area contributed by atoms with Crippen LogP contribution in [0.1, 0.15) is 11.1 Å². The Hall–Kier alpha value is -4.34. The van der Waals surface area contributed by atoms with Crippen molar-refractivity contribution < 1.29 is 4.42 Å². The molecule has 0 atom stereocenters. The van der Waals surface area contributed by atoms with E-state index in [-0.39, 0.29) is 5.56 Å². The van der Waals surface area contributed by atoms with E-state index in [0.717, 1.165) is 38.4 Å². The molecule has 0 radical (unpaired) electrons. The van der Waals surface area contributed by atoms with Gasteiger partial charge < -0.3 is 4.42 Å². The fraction of sp³-hybridized carbons (Fsp3) is 0.0370. The average molecular weight is 508 g/mol. The Morgan fingerprint density at radius 1 is 0.972 bits per heavy atom. The van der Waals surface area contributed by atoms with Crippen LogP contribution in [0.25, 0.3) is 49.8 Å². The number of rotatable bonds is 4. The molecule has 7 aromatic rings. The van der Waals surface area contributed by atoms with Crippen LogP contribution in [0.2, 0.25) is 0 Å². The molecule has 0 bridgehead atoms. The lowest BCUT2D eigenvalue weighted by Crippen LogP contribution is -2.23. The van der Waals surface area contributed by atoms with E-state index in [1.165, 1.54) is 15.9 Å². The van der Waals surface area contributed by atoms with Crippen LogP contribution in [0.3, 0.4) is 0 Å². The van der Waals surface area contributed by atoms with Gasteiger partial charge in [0, 0.05) is 22.7 Å². The summed E-state index contributed by atoms with van der Waals surface area (Å²) in [6.45, 7) is 1.98. The van der Waals surface area contributed by atoms with Crippen molar-refractivity contribution in [2.45, 2.75) is 6.92 Å². The number of aromatic nitrogens is 5. The van der Waals surface area contributed by atoms with Crippen LogP contribution < -0.4 is 10.1 Å². The van der Waals surface area contributed by atoms with Crippen molar-refractivity contribution in [3.05, 3.63) is 104 Å². The predicted molar refractivity (Wildman–Crippen MR) is 143 cm³/mol. The molecule has 0 aliphatic rings. The summed E-state index contributed by atoms with van der Waals surface area (Å²) in [5.74, 6) is 0.996. The molecule has 9 heteroatoms. The summed E-state index contributed by atoms with van der Waals surface area (Å²) in [5, 5.41) is 12.4. The topological polar surface area (TPSA) is 78.2 Å². The molecule has 0 aliphatic heterocycles. The lowest BCUT2D eigenvalue weighted by atomic mass is 10.1. The molecule has 174 valence electrons. The largest absolute Gasteiger partial charge is 0.452 e. The summed E-state index contributed by atoms with van der Waals surface area (Å²) in [5.41, 5.74) is 4.15. The van der Waals surface area contributed by atoms with Crippen molar-refractivity contribution in [2.24, 2.45) is 0 Å². The lowest BCUT2D eigenvalue weighted by molar-refractivity contribution is 0.622. The molecule has 0 amide bonds. The van der Waals surface area contributed by atoms with E-state index >= 15 is 0 Å². The first-order chi connectivity index (χ1) is 17.7. The summed E-state index contributed by atoms with van der Waals surface area (Å²) >= 11 is 2.92. The van der Waals surface area contributed by atoms with E-state index in [9.17, 15) is 4.79 Å². The minimum atomic E-state index is -0.216. The quantitative estimate of drug-likeness (QED) is 0.322. The molecule has 5 heterocycles. The lowest BCUT2D eigenvalue weighted by Gasteiger charge is -1.99. The van der Waals surface area contributed by atoms with Gasteiger partial charge in [-0.05, 0) is 42.6 Å². The number of furan rings is 1. The van der Waals surface area contributed by atoms with Crippen LogP contribution in [0, 0.1) is 6.92 Å². The molecule has 0 N–H and O–H groups in total. The summed E-state index contributed by atoms with van der Waals surface area (Å²) in [4.78, 5) is 19.5. The zero-order valence-electron chi connectivity index (χ0n) is 19.0. The maximum atomic E-state index is 13.3. The maximum absolute atomic E-state index is 13.3. The molecule has 0 spiro atoms. The van der Waals surface area contributed by atoms with E-state index in [4.69, 9.17) is 9.52 Å². The summed E-state index contributed by atoms with van der Waals surface area (Å²) in [6.07, 6.45) is 3.82. The number of thiazole rings is 1. The first-order valence-corrected chi connectivity index (χ1v) is 12.9. The van der Waals surface area contributed by atoms with E-state index < -0.39 is 0 Å². The molecule has 7 rings (SSSR count). The highest BCUT2D eigenvalue weighted by Crippen LogP contribution is 2.31. The van der Waals surface area contributed by atoms with Crippen LogP contribution in [-0.2, 0) is 0 Å². The van der Waals surface area contributed by atoms with Crippen molar-refractivity contribution in [3.8, 4) is 27.8 Å². The number of thiophene rings is 1. The zero-order valence-corrected chi connectivity index (χ0v) is 20.6. The van der Waals surface area contributed by atoms with E-state index in [1.807, 2.05) is 96.0 Å². The normalized spacial score (nSPS) is 12.3. The first kappa shape index (κ1) is 21.0. The third-order valence-electron chi connectivity index (χ3n) is 6.03. The Morgan fingerprint density at radius 3 is 2.58 bits per heavy atom. The third kappa shape index (κ3) is 3.32. The van der Waals surface area contributed by atoms with Gasteiger partial charge in [-0.25, -0.2) is 4.68 Å². The van der Waals surface area contributed by atoms with E-state index in [2.05, 4.69) is 10.1 Å². The monoisotopic (exact) mass is 507 g/mol. The van der Waals surface area contributed by atoms with Crippen LogP contribution >= 0.6 is 22.7 Å². The Kier molecular flexibility index (Phi) is 4.73. The highest BCUT2D eigenvalue weighted by Gasteiger charge is 2.19. The smallest absolute Gasteiger partial charge is 0.291 e. The van der Waals surface area contributed by atoms with Crippen molar-refractivity contribution in [1.29, 1.82) is 0 Å². The number of hydrogen-bond acceptors (Lipinski definition) is 7. The standard InChI is InChI=1S/C27H17N5O2S2/c1-16-19-10-5-6-11-20(19)34-24(16)25-28-27-32(30-25)26(33)22(36-27)14-17-15-31(18-8-3-2-4-9-18)29-23(17)21-12-7-13-35-21/h2-15H,1H3/b22-14-. The summed E-state index contributed by atoms with van der Waals surface area (Å²) < 4.78 is 9.73. The molecular weight excluding hydrogens is 490 g/mol. The van der Waals surface area contributed by atoms with Crippen molar-refractivity contribution in [2.75, 3.05) is 0 Å². The number of fused-ring (bicyclic) bond motifs is 2. The van der Waals surface area contributed by atoms with Crippen molar-refractivity contribution >= 4 is 44.7 Å². The Balaban J connectivity index is 1.36. The van der Waals surface area contributed by atoms with Crippen molar-refractivity contribution in [3.63, 3.8) is 0 Å². The van der Waals surface area contributed by atoms with E-state index in [0.29, 0.717) is 21.1 Å². The predicted octanol–water partition coefficient (Wildman–Crippen LogP) is 5.33. The SMILES string of the molecule is Cc1c(-c2nc3s/c(=C\c4cn(-c5ccccc5)nc4-c4cccs4)c(=O)n3n2)oc2ccccc12. The minimum Gasteiger partial charge on any atom is -0.452 e. The van der Waals surface area contributed by atoms with Gasteiger partial charge in [0.05, 0.1) is 15.1 Å². The zero-order chi connectivity index (χ0) is 24.2. The van der Waals surface area contributed by atoms with Crippen molar-refractivity contribution in [1.82, 2.24) is 24.4 Å². The Labute approximate surface area is 212 Å². The molecule has 0 aliphatic carbocycles. The van der Waals surface area contributed by atoms with Gasteiger partial charge in [0.15, 0.2) is 5.76 Å². The average Bonchev–Trinajstić information content (AvgIpc) is 3.72. The number of hydrogen-bond donors (Lipinski definition) is 0. The fourth-order valence-corrected chi connectivity index (χ4v) is 5.90. The van der Waals surface area contributed by atoms with Gasteiger partial charge in [0.2, 0.25) is 10.8 Å². The maximum Gasteiger partial charge on any atom is 0.291 e. The second-order valence-corrected chi connectivity index (χ2v) is 10.2. The third-order valence-corrected chi connectivity index (χ3v) is 7.87. The molecule has 2 aromatic carbocycles. The van der Waals surface area contributed by atoms with Crippen LogP contribution in [-0.4, -0.2) is 24.4 Å². The van der Waals surface area contributed by atoms with Crippen LogP contribution in [0.5, 0.6) is 0 Å². The van der Waals surface area contributed by atoms with Gasteiger partial charge in [-0.2, -0.15) is 14.6 Å². The van der Waals surface area contributed by atoms with Crippen LogP contribution in [0.15, 0.2) is 87.5 Å². The molecule has 0 fully saturated rings.